The molecule has 1 aromatic rings. The molecule has 0 aliphatic heterocycles. The first-order chi connectivity index (χ1) is 7.74. The van der Waals surface area contributed by atoms with Crippen molar-refractivity contribution >= 4 is 23.7 Å². The zero-order chi connectivity index (χ0) is 13.2. The monoisotopic (exact) mass is 255 g/mol. The Bertz CT molecular complexity index is 426. The molecule has 0 radical (unpaired) electrons. The van der Waals surface area contributed by atoms with Gasteiger partial charge in [-0.3, -0.25) is 4.79 Å². The summed E-state index contributed by atoms with van der Waals surface area (Å²) in [6.07, 6.45) is 0.705. The molecule has 0 fully saturated rings. The molecule has 0 unspecified atom stereocenters. The van der Waals surface area contributed by atoms with Crippen molar-refractivity contribution in [2.45, 2.75) is 27.7 Å². The Balaban J connectivity index is 3.16. The quantitative estimate of drug-likeness (QED) is 0.615. The number of anilines is 1. The van der Waals surface area contributed by atoms with Crippen molar-refractivity contribution in [2.24, 2.45) is 5.41 Å². The predicted octanol–water partition coefficient (Wildman–Crippen LogP) is 2.73. The smallest absolute Gasteiger partial charge is 0.156 e. The first-order valence-corrected chi connectivity index (χ1v) is 5.83. The second kappa shape index (κ2) is 5.00. The van der Waals surface area contributed by atoms with Crippen LogP contribution in [0, 0.1) is 12.3 Å². The number of nitrogens with zero attached hydrogens (tertiary/aromatic N) is 3. The van der Waals surface area contributed by atoms with E-state index in [2.05, 4.69) is 30.7 Å². The number of carbonyl (C=O) groups is 1. The van der Waals surface area contributed by atoms with Gasteiger partial charge in [0, 0.05) is 13.6 Å². The second-order valence-electron chi connectivity index (χ2n) is 5.33. The molecule has 0 amide bonds. The van der Waals surface area contributed by atoms with Gasteiger partial charge in [-0.1, -0.05) is 32.4 Å². The lowest BCUT2D eigenvalue weighted by molar-refractivity contribution is 0.112. The van der Waals surface area contributed by atoms with Crippen molar-refractivity contribution < 1.29 is 4.79 Å². The van der Waals surface area contributed by atoms with E-state index >= 15 is 0 Å². The summed E-state index contributed by atoms with van der Waals surface area (Å²) in [5.41, 5.74) is 0.462. The third kappa shape index (κ3) is 3.66. The van der Waals surface area contributed by atoms with Crippen LogP contribution in [0.15, 0.2) is 0 Å². The summed E-state index contributed by atoms with van der Waals surface area (Å²) in [5.74, 6) is 1.16. The molecule has 4 nitrogen and oxygen atoms in total. The minimum absolute atomic E-state index is 0.111. The summed E-state index contributed by atoms with van der Waals surface area (Å²) >= 11 is 5.94. The molecule has 1 heterocycles. The SMILES string of the molecule is Cc1nc(Cl)c(C=O)c(N(C)CC(C)(C)C)n1. The van der Waals surface area contributed by atoms with E-state index in [9.17, 15) is 4.79 Å². The average molecular weight is 256 g/mol. The molecule has 1 rings (SSSR count). The van der Waals surface area contributed by atoms with Crippen LogP contribution >= 0.6 is 11.6 Å². The van der Waals surface area contributed by atoms with Crippen LogP contribution in [0.25, 0.3) is 0 Å². The number of aryl methyl sites for hydroxylation is 1. The van der Waals surface area contributed by atoms with Crippen molar-refractivity contribution in [3.63, 3.8) is 0 Å². The van der Waals surface area contributed by atoms with Crippen molar-refractivity contribution in [1.82, 2.24) is 9.97 Å². The van der Waals surface area contributed by atoms with Crippen LogP contribution in [0.2, 0.25) is 5.15 Å². The molecule has 0 saturated heterocycles. The van der Waals surface area contributed by atoms with Crippen molar-refractivity contribution in [3.8, 4) is 0 Å². The summed E-state index contributed by atoms with van der Waals surface area (Å²) in [6.45, 7) is 8.91. The Kier molecular flexibility index (Phi) is 4.09. The van der Waals surface area contributed by atoms with Crippen molar-refractivity contribution in [2.75, 3.05) is 18.5 Å². The molecule has 0 spiro atoms. The van der Waals surface area contributed by atoms with Crippen LogP contribution < -0.4 is 4.90 Å². The van der Waals surface area contributed by atoms with Crippen molar-refractivity contribution in [1.29, 1.82) is 0 Å². The van der Waals surface area contributed by atoms with Gasteiger partial charge in [-0.25, -0.2) is 9.97 Å². The van der Waals surface area contributed by atoms with Gasteiger partial charge >= 0.3 is 0 Å². The Labute approximate surface area is 107 Å². The van der Waals surface area contributed by atoms with E-state index in [4.69, 9.17) is 11.6 Å². The number of rotatable bonds is 3. The molecular weight excluding hydrogens is 238 g/mol. The van der Waals surface area contributed by atoms with Crippen LogP contribution in [0.1, 0.15) is 37.0 Å². The summed E-state index contributed by atoms with van der Waals surface area (Å²) in [4.78, 5) is 21.2. The first kappa shape index (κ1) is 13.9. The number of halogens is 1. The van der Waals surface area contributed by atoms with E-state index in [1.165, 1.54) is 0 Å². The molecule has 0 saturated carbocycles. The van der Waals surface area contributed by atoms with Crippen LogP contribution in [-0.2, 0) is 0 Å². The van der Waals surface area contributed by atoms with Gasteiger partial charge in [0.2, 0.25) is 0 Å². The number of hydrogen-bond donors (Lipinski definition) is 0. The normalized spacial score (nSPS) is 11.4. The molecule has 0 aliphatic carbocycles. The lowest BCUT2D eigenvalue weighted by atomic mass is 9.96. The maximum absolute atomic E-state index is 11.0. The molecule has 1 aromatic heterocycles. The number of aldehydes is 1. The highest BCUT2D eigenvalue weighted by Crippen LogP contribution is 2.24. The van der Waals surface area contributed by atoms with E-state index < -0.39 is 0 Å². The molecule has 5 heteroatoms. The number of hydrogen-bond acceptors (Lipinski definition) is 4. The van der Waals surface area contributed by atoms with Gasteiger partial charge in [-0.2, -0.15) is 0 Å². The average Bonchev–Trinajstić information content (AvgIpc) is 2.13. The second-order valence-corrected chi connectivity index (χ2v) is 5.69. The Morgan fingerprint density at radius 2 is 1.94 bits per heavy atom. The highest BCUT2D eigenvalue weighted by Gasteiger charge is 2.19. The fraction of sp³-hybridized carbons (Fsp3) is 0.583. The van der Waals surface area contributed by atoms with E-state index in [-0.39, 0.29) is 10.6 Å². The summed E-state index contributed by atoms with van der Waals surface area (Å²) in [7, 11) is 1.90. The van der Waals surface area contributed by atoms with Crippen molar-refractivity contribution in [3.05, 3.63) is 16.5 Å². The molecule has 0 aromatic carbocycles. The predicted molar refractivity (Wildman–Crippen MR) is 69.9 cm³/mol. The molecule has 0 aliphatic rings. The summed E-state index contributed by atoms with van der Waals surface area (Å²) < 4.78 is 0. The fourth-order valence-electron chi connectivity index (χ4n) is 1.71. The Morgan fingerprint density at radius 1 is 1.35 bits per heavy atom. The standard InChI is InChI=1S/C12H18ClN3O/c1-8-14-10(13)9(6-17)11(15-8)16(5)7-12(2,3)4/h6H,7H2,1-5H3. The Morgan fingerprint density at radius 3 is 2.41 bits per heavy atom. The largest absolute Gasteiger partial charge is 0.358 e. The van der Waals surface area contributed by atoms with Crippen LogP contribution in [0.5, 0.6) is 0 Å². The van der Waals surface area contributed by atoms with Gasteiger partial charge in [0.1, 0.15) is 16.8 Å². The molecule has 94 valence electrons. The third-order valence-corrected chi connectivity index (χ3v) is 2.47. The lowest BCUT2D eigenvalue weighted by Gasteiger charge is -2.28. The van der Waals surface area contributed by atoms with Crippen LogP contribution in [0.4, 0.5) is 5.82 Å². The van der Waals surface area contributed by atoms with Crippen LogP contribution in [0.3, 0.4) is 0 Å². The van der Waals surface area contributed by atoms with Gasteiger partial charge in [0.25, 0.3) is 0 Å². The number of aromatic nitrogens is 2. The number of carbonyl (C=O) groups excluding carboxylic acids is 1. The third-order valence-electron chi connectivity index (χ3n) is 2.18. The van der Waals surface area contributed by atoms with E-state index in [1.807, 2.05) is 11.9 Å². The maximum atomic E-state index is 11.0. The maximum Gasteiger partial charge on any atom is 0.156 e. The zero-order valence-electron chi connectivity index (χ0n) is 10.9. The van der Waals surface area contributed by atoms with E-state index in [1.54, 1.807) is 6.92 Å². The van der Waals surface area contributed by atoms with Gasteiger partial charge in [-0.15, -0.1) is 0 Å². The van der Waals surface area contributed by atoms with Gasteiger partial charge in [-0.05, 0) is 12.3 Å². The zero-order valence-corrected chi connectivity index (χ0v) is 11.7. The van der Waals surface area contributed by atoms with Gasteiger partial charge in [0.05, 0.1) is 5.56 Å². The summed E-state index contributed by atoms with van der Waals surface area (Å²) in [6, 6.07) is 0. The molecule has 0 atom stereocenters. The molecule has 0 N–H and O–H groups in total. The highest BCUT2D eigenvalue weighted by molar-refractivity contribution is 6.32. The Hall–Kier alpha value is -1.16. The summed E-state index contributed by atoms with van der Waals surface area (Å²) in [5, 5.41) is 0.211. The van der Waals surface area contributed by atoms with Gasteiger partial charge < -0.3 is 4.90 Å². The van der Waals surface area contributed by atoms with E-state index in [0.29, 0.717) is 23.5 Å². The molecule has 17 heavy (non-hydrogen) atoms. The fourth-order valence-corrected chi connectivity index (χ4v) is 1.96. The highest BCUT2D eigenvalue weighted by atomic mass is 35.5. The first-order valence-electron chi connectivity index (χ1n) is 5.45. The van der Waals surface area contributed by atoms with Crippen LogP contribution in [-0.4, -0.2) is 29.8 Å². The topological polar surface area (TPSA) is 46.1 Å². The molecule has 0 bridgehead atoms. The minimum atomic E-state index is 0.111. The minimum Gasteiger partial charge on any atom is -0.358 e. The lowest BCUT2D eigenvalue weighted by Crippen LogP contribution is -2.30. The van der Waals surface area contributed by atoms with E-state index in [0.717, 1.165) is 6.54 Å². The molecular formula is C12H18ClN3O. The van der Waals surface area contributed by atoms with Gasteiger partial charge in [0.15, 0.2) is 6.29 Å².